The summed E-state index contributed by atoms with van der Waals surface area (Å²) >= 11 is 3.63. The number of benzene rings is 3. The third-order valence-corrected chi connectivity index (χ3v) is 12.0. The van der Waals surface area contributed by atoms with E-state index in [1.807, 2.05) is 30.3 Å². The third kappa shape index (κ3) is 4.58. The molecule has 0 saturated carbocycles. The van der Waals surface area contributed by atoms with Crippen molar-refractivity contribution in [3.8, 4) is 0 Å². The maximum Gasteiger partial charge on any atom is 0.261 e. The number of rotatable bonds is 7. The van der Waals surface area contributed by atoms with E-state index in [-0.39, 0.29) is 16.9 Å². The van der Waals surface area contributed by atoms with Gasteiger partial charge in [-0.25, -0.2) is 4.90 Å². The molecule has 174 valence electrons. The molecule has 0 bridgehead atoms. The molecule has 34 heavy (non-hydrogen) atoms. The first kappa shape index (κ1) is 24.3. The Morgan fingerprint density at radius 3 is 1.82 bits per heavy atom. The lowest BCUT2D eigenvalue weighted by Crippen LogP contribution is -2.66. The first-order chi connectivity index (χ1) is 16.2. The maximum atomic E-state index is 12.0. The third-order valence-electron chi connectivity index (χ3n) is 6.21. The summed E-state index contributed by atoms with van der Waals surface area (Å²) in [5.41, 5.74) is 1.62. The predicted octanol–water partition coefficient (Wildman–Crippen LogP) is 5.00. The van der Waals surface area contributed by atoms with Crippen molar-refractivity contribution in [2.45, 2.75) is 32.2 Å². The van der Waals surface area contributed by atoms with Crippen LogP contribution in [0.4, 0.5) is 5.69 Å². The van der Waals surface area contributed by atoms with E-state index in [1.54, 1.807) is 0 Å². The smallest absolute Gasteiger partial charge is 0.261 e. The summed E-state index contributed by atoms with van der Waals surface area (Å²) in [5.74, 6) is -0.640. The normalized spacial score (nSPS) is 14.2. The van der Waals surface area contributed by atoms with E-state index in [4.69, 9.17) is 4.43 Å². The molecule has 0 saturated heterocycles. The van der Waals surface area contributed by atoms with E-state index < -0.39 is 8.32 Å². The van der Waals surface area contributed by atoms with Crippen LogP contribution >= 0.6 is 15.9 Å². The molecule has 1 heterocycles. The highest BCUT2D eigenvalue weighted by Gasteiger charge is 2.50. The number of nitrogens with zero attached hydrogens (tertiary/aromatic N) is 1. The molecule has 4 nitrogen and oxygen atoms in total. The van der Waals surface area contributed by atoms with E-state index in [0.29, 0.717) is 18.7 Å². The Morgan fingerprint density at radius 1 is 0.824 bits per heavy atom. The molecule has 0 atom stereocenters. The summed E-state index contributed by atoms with van der Waals surface area (Å²) in [6.45, 7) is 7.35. The topological polar surface area (TPSA) is 46.6 Å². The molecule has 4 rings (SSSR count). The number of halogens is 1. The van der Waals surface area contributed by atoms with Gasteiger partial charge in [-0.3, -0.25) is 9.59 Å². The summed E-state index contributed by atoms with van der Waals surface area (Å²) in [6, 6.07) is 26.8. The van der Waals surface area contributed by atoms with Gasteiger partial charge in [0.2, 0.25) is 0 Å². The van der Waals surface area contributed by atoms with Crippen molar-refractivity contribution in [2.24, 2.45) is 0 Å². The van der Waals surface area contributed by atoms with Crippen LogP contribution in [-0.4, -0.2) is 26.7 Å². The van der Waals surface area contributed by atoms with Crippen LogP contribution in [0.1, 0.15) is 26.3 Å². The molecule has 0 aromatic heterocycles. The van der Waals surface area contributed by atoms with Crippen molar-refractivity contribution in [2.75, 3.05) is 11.5 Å². The first-order valence-corrected chi connectivity index (χ1v) is 14.0. The van der Waals surface area contributed by atoms with Crippen LogP contribution in [0.25, 0.3) is 0 Å². The molecule has 3 aromatic rings. The fourth-order valence-electron chi connectivity index (χ4n) is 4.61. The average Bonchev–Trinajstić information content (AvgIpc) is 3.16. The van der Waals surface area contributed by atoms with Crippen molar-refractivity contribution in [1.29, 1.82) is 0 Å². The molecule has 0 unspecified atom stereocenters. The van der Waals surface area contributed by atoms with Crippen LogP contribution in [0.5, 0.6) is 0 Å². The van der Waals surface area contributed by atoms with Crippen molar-refractivity contribution in [1.82, 2.24) is 0 Å². The molecule has 2 amide bonds. The van der Waals surface area contributed by atoms with Gasteiger partial charge in [-0.05, 0) is 39.5 Å². The van der Waals surface area contributed by atoms with Crippen LogP contribution in [0.15, 0.2) is 95.5 Å². The number of carbonyl (C=O) groups excluding carboxylic acids is 2. The molecular formula is C28H28BrNO3Si. The quantitative estimate of drug-likeness (QED) is 0.317. The van der Waals surface area contributed by atoms with Gasteiger partial charge in [-0.1, -0.05) is 103 Å². The first-order valence-electron chi connectivity index (χ1n) is 11.3. The highest BCUT2D eigenvalue weighted by Crippen LogP contribution is 2.37. The molecule has 3 aromatic carbocycles. The molecule has 1 aliphatic heterocycles. The molecule has 1 aliphatic rings. The lowest BCUT2D eigenvalue weighted by molar-refractivity contribution is -0.119. The summed E-state index contributed by atoms with van der Waals surface area (Å²) in [5, 5.41) is 2.42. The van der Waals surface area contributed by atoms with Gasteiger partial charge < -0.3 is 4.43 Å². The van der Waals surface area contributed by atoms with Gasteiger partial charge in [-0.2, -0.15) is 0 Å². The Labute approximate surface area is 210 Å². The van der Waals surface area contributed by atoms with Gasteiger partial charge in [0.15, 0.2) is 0 Å². The van der Waals surface area contributed by atoms with Crippen LogP contribution < -0.4 is 15.3 Å². The Hall–Kier alpha value is -2.80. The Kier molecular flexibility index (Phi) is 7.03. The lowest BCUT2D eigenvalue weighted by atomic mass is 10.1. The Morgan fingerprint density at radius 2 is 1.35 bits per heavy atom. The van der Waals surface area contributed by atoms with Crippen LogP contribution in [0, 0.1) is 0 Å². The second-order valence-electron chi connectivity index (χ2n) is 9.38. The summed E-state index contributed by atoms with van der Waals surface area (Å²) in [7, 11) is -2.59. The number of hydrogen-bond acceptors (Lipinski definition) is 3. The van der Waals surface area contributed by atoms with E-state index >= 15 is 0 Å². The largest absolute Gasteiger partial charge is 0.407 e. The van der Waals surface area contributed by atoms with Gasteiger partial charge in [-0.15, -0.1) is 0 Å². The zero-order valence-corrected chi connectivity index (χ0v) is 22.2. The molecule has 0 radical (unpaired) electrons. The number of imide groups is 1. The van der Waals surface area contributed by atoms with E-state index in [2.05, 4.69) is 85.2 Å². The van der Waals surface area contributed by atoms with Gasteiger partial charge >= 0.3 is 0 Å². The van der Waals surface area contributed by atoms with Gasteiger partial charge in [0.25, 0.3) is 20.1 Å². The highest BCUT2D eigenvalue weighted by atomic mass is 79.9. The number of hydrogen-bond donors (Lipinski definition) is 0. The minimum Gasteiger partial charge on any atom is -0.407 e. The average molecular weight is 535 g/mol. The van der Waals surface area contributed by atoms with Crippen LogP contribution in [0.3, 0.4) is 0 Å². The minimum atomic E-state index is -2.59. The molecule has 0 N–H and O–H groups in total. The number of amides is 2. The molecule has 0 fully saturated rings. The molecular weight excluding hydrogens is 506 g/mol. The monoisotopic (exact) mass is 533 g/mol. The van der Waals surface area contributed by atoms with Crippen molar-refractivity contribution < 1.29 is 14.0 Å². The molecule has 0 aliphatic carbocycles. The summed E-state index contributed by atoms with van der Waals surface area (Å²) < 4.78 is 7.83. The number of anilines is 1. The fourth-order valence-corrected chi connectivity index (χ4v) is 9.74. The Bertz CT molecular complexity index is 1160. The molecule has 0 spiro atoms. The summed E-state index contributed by atoms with van der Waals surface area (Å²) in [4.78, 5) is 25.2. The zero-order valence-electron chi connectivity index (χ0n) is 19.6. The van der Waals surface area contributed by atoms with Crippen LogP contribution in [0.2, 0.25) is 5.04 Å². The van der Waals surface area contributed by atoms with Crippen LogP contribution in [-0.2, 0) is 20.4 Å². The van der Waals surface area contributed by atoms with E-state index in [0.717, 1.165) is 10.0 Å². The van der Waals surface area contributed by atoms with Crippen molar-refractivity contribution >= 4 is 52.1 Å². The minimum absolute atomic E-state index is 0.0831. The van der Waals surface area contributed by atoms with Gasteiger partial charge in [0.1, 0.15) is 0 Å². The van der Waals surface area contributed by atoms with Crippen molar-refractivity contribution in [3.63, 3.8) is 0 Å². The van der Waals surface area contributed by atoms with Crippen molar-refractivity contribution in [3.05, 3.63) is 101 Å². The summed E-state index contributed by atoms with van der Waals surface area (Å²) in [6.07, 6.45) is 3.29. The zero-order chi connectivity index (χ0) is 24.3. The second kappa shape index (κ2) is 9.82. The Balaban J connectivity index is 1.61. The fraction of sp³-hybridized carbons (Fsp3) is 0.214. The molecule has 6 heteroatoms. The lowest BCUT2D eigenvalue weighted by Gasteiger charge is -2.43. The van der Waals surface area contributed by atoms with Gasteiger partial charge in [0, 0.05) is 23.2 Å². The second-order valence-corrected chi connectivity index (χ2v) is 14.5. The van der Waals surface area contributed by atoms with Gasteiger partial charge in [0.05, 0.1) is 5.69 Å². The number of carbonyl (C=O) groups is 2. The predicted molar refractivity (Wildman–Crippen MR) is 143 cm³/mol. The standard InChI is InChI=1S/C28H28BrNO3Si/c1-28(2,3)34(23-10-6-4-7-11-23,24-12-8-5-9-13-24)33-19-18-21-14-15-22(20-25(21)29)30-26(31)16-17-27(30)32/h4-17,20H,18-19H2,1-3H3. The SMILES string of the molecule is CC(C)(C)[Si](OCCc1ccc(N2C(=O)C=CC2=O)cc1Br)(c1ccccc1)c1ccccc1. The van der Waals surface area contributed by atoms with E-state index in [1.165, 1.54) is 27.4 Å². The maximum absolute atomic E-state index is 12.0. The van der Waals surface area contributed by atoms with E-state index in [9.17, 15) is 9.59 Å². The highest BCUT2D eigenvalue weighted by molar-refractivity contribution is 9.10.